The zero-order chi connectivity index (χ0) is 15.6. The standard InChI is InChI=1S/C12H11N3O5S/c1-6-10(21-12(17)13-6)11(16)14-8-5-7(15(18)19)3-4-9(8)20-2/h3-5H,1-2H3,(H,13,17)(H,14,16). The molecule has 0 radical (unpaired) electrons. The maximum Gasteiger partial charge on any atom is 0.305 e. The van der Waals surface area contributed by atoms with Crippen LogP contribution in [0.1, 0.15) is 15.4 Å². The second-order valence-electron chi connectivity index (χ2n) is 4.06. The summed E-state index contributed by atoms with van der Waals surface area (Å²) < 4.78 is 5.05. The lowest BCUT2D eigenvalue weighted by atomic mass is 10.2. The fourth-order valence-corrected chi connectivity index (χ4v) is 2.44. The Kier molecular flexibility index (Phi) is 4.03. The highest BCUT2D eigenvalue weighted by atomic mass is 32.1. The van der Waals surface area contributed by atoms with E-state index < -0.39 is 10.8 Å². The number of nitrogens with zero attached hydrogens (tertiary/aromatic N) is 1. The highest BCUT2D eigenvalue weighted by Gasteiger charge is 2.17. The molecular formula is C12H11N3O5S. The summed E-state index contributed by atoms with van der Waals surface area (Å²) in [6.45, 7) is 1.59. The van der Waals surface area contributed by atoms with E-state index in [2.05, 4.69) is 10.3 Å². The molecule has 1 heterocycles. The summed E-state index contributed by atoms with van der Waals surface area (Å²) in [7, 11) is 1.39. The molecule has 0 fully saturated rings. The molecule has 0 unspecified atom stereocenters. The van der Waals surface area contributed by atoms with Gasteiger partial charge < -0.3 is 15.0 Å². The van der Waals surface area contributed by atoms with Gasteiger partial charge in [0.05, 0.1) is 17.7 Å². The highest BCUT2D eigenvalue weighted by molar-refractivity contribution is 7.11. The molecular weight excluding hydrogens is 298 g/mol. The quantitative estimate of drug-likeness (QED) is 0.661. The molecule has 21 heavy (non-hydrogen) atoms. The third-order valence-electron chi connectivity index (χ3n) is 2.67. The average molecular weight is 309 g/mol. The average Bonchev–Trinajstić information content (AvgIpc) is 2.77. The minimum atomic E-state index is -0.574. The van der Waals surface area contributed by atoms with Gasteiger partial charge in [-0.15, -0.1) is 0 Å². The van der Waals surface area contributed by atoms with Crippen LogP contribution in [-0.2, 0) is 0 Å². The van der Waals surface area contributed by atoms with E-state index in [1.54, 1.807) is 6.92 Å². The summed E-state index contributed by atoms with van der Waals surface area (Å²) in [6.07, 6.45) is 0. The van der Waals surface area contributed by atoms with Crippen LogP contribution in [0.25, 0.3) is 0 Å². The third-order valence-corrected chi connectivity index (χ3v) is 3.66. The molecule has 0 atom stereocenters. The number of amides is 1. The van der Waals surface area contributed by atoms with Gasteiger partial charge in [0.25, 0.3) is 11.6 Å². The summed E-state index contributed by atoms with van der Waals surface area (Å²) in [5.74, 6) is -0.246. The van der Waals surface area contributed by atoms with E-state index in [4.69, 9.17) is 4.74 Å². The number of aromatic nitrogens is 1. The Morgan fingerprint density at radius 1 is 1.48 bits per heavy atom. The Labute approximate surface area is 122 Å². The predicted molar refractivity (Wildman–Crippen MR) is 77.3 cm³/mol. The SMILES string of the molecule is COc1ccc([N+](=O)[O-])cc1NC(=O)c1sc(=O)[nH]c1C. The molecule has 1 aromatic carbocycles. The van der Waals surface area contributed by atoms with Gasteiger partial charge in [0.15, 0.2) is 0 Å². The highest BCUT2D eigenvalue weighted by Crippen LogP contribution is 2.29. The molecule has 0 aliphatic rings. The van der Waals surface area contributed by atoms with E-state index in [1.165, 1.54) is 25.3 Å². The lowest BCUT2D eigenvalue weighted by Gasteiger charge is -2.09. The van der Waals surface area contributed by atoms with Crippen LogP contribution in [-0.4, -0.2) is 22.9 Å². The van der Waals surface area contributed by atoms with Gasteiger partial charge in [-0.05, 0) is 13.0 Å². The lowest BCUT2D eigenvalue weighted by Crippen LogP contribution is -2.12. The number of aromatic amines is 1. The van der Waals surface area contributed by atoms with Crippen LogP contribution >= 0.6 is 11.3 Å². The molecule has 2 aromatic rings. The van der Waals surface area contributed by atoms with Crippen molar-refractivity contribution in [2.45, 2.75) is 6.92 Å². The number of nitrogens with one attached hydrogen (secondary N) is 2. The van der Waals surface area contributed by atoms with Crippen molar-refractivity contribution >= 4 is 28.6 Å². The normalized spacial score (nSPS) is 10.2. The van der Waals surface area contributed by atoms with Crippen LogP contribution in [0.15, 0.2) is 23.0 Å². The Morgan fingerprint density at radius 2 is 2.19 bits per heavy atom. The number of H-pyrrole nitrogens is 1. The van der Waals surface area contributed by atoms with Crippen molar-refractivity contribution in [3.05, 3.63) is 48.6 Å². The molecule has 2 rings (SSSR count). The van der Waals surface area contributed by atoms with Gasteiger partial charge in [0.2, 0.25) is 0 Å². The van der Waals surface area contributed by atoms with Gasteiger partial charge in [-0.3, -0.25) is 19.7 Å². The minimum absolute atomic E-state index is 0.164. The lowest BCUT2D eigenvalue weighted by molar-refractivity contribution is -0.384. The summed E-state index contributed by atoms with van der Waals surface area (Å²) in [4.78, 5) is 35.9. The molecule has 110 valence electrons. The van der Waals surface area contributed by atoms with Crippen molar-refractivity contribution in [1.82, 2.24) is 4.98 Å². The van der Waals surface area contributed by atoms with E-state index in [0.29, 0.717) is 5.69 Å². The fraction of sp³-hybridized carbons (Fsp3) is 0.167. The van der Waals surface area contributed by atoms with Crippen LogP contribution in [0.3, 0.4) is 0 Å². The van der Waals surface area contributed by atoms with Crippen molar-refractivity contribution in [3.8, 4) is 5.75 Å². The maximum atomic E-state index is 12.1. The zero-order valence-corrected chi connectivity index (χ0v) is 11.9. The van der Waals surface area contributed by atoms with Crippen LogP contribution < -0.4 is 14.9 Å². The number of nitro benzene ring substituents is 1. The van der Waals surface area contributed by atoms with Crippen LogP contribution in [0, 0.1) is 17.0 Å². The molecule has 2 N–H and O–H groups in total. The third kappa shape index (κ3) is 3.08. The number of thiazole rings is 1. The number of nitro groups is 1. The van der Waals surface area contributed by atoms with Crippen LogP contribution in [0.2, 0.25) is 0 Å². The number of hydrogen-bond donors (Lipinski definition) is 2. The van der Waals surface area contributed by atoms with Gasteiger partial charge in [-0.1, -0.05) is 11.3 Å². The van der Waals surface area contributed by atoms with Gasteiger partial charge in [-0.25, -0.2) is 0 Å². The van der Waals surface area contributed by atoms with Gasteiger partial charge in [0.1, 0.15) is 10.6 Å². The van der Waals surface area contributed by atoms with Gasteiger partial charge in [-0.2, -0.15) is 0 Å². The van der Waals surface area contributed by atoms with E-state index in [1.807, 2.05) is 0 Å². The van der Waals surface area contributed by atoms with Crippen molar-refractivity contribution < 1.29 is 14.5 Å². The van der Waals surface area contributed by atoms with Crippen molar-refractivity contribution in [2.24, 2.45) is 0 Å². The number of aryl methyl sites for hydroxylation is 1. The van der Waals surface area contributed by atoms with E-state index in [9.17, 15) is 19.7 Å². The Hall–Kier alpha value is -2.68. The first kappa shape index (κ1) is 14.7. The minimum Gasteiger partial charge on any atom is -0.495 e. The van der Waals surface area contributed by atoms with Crippen LogP contribution in [0.5, 0.6) is 5.75 Å². The topological polar surface area (TPSA) is 114 Å². The molecule has 0 aliphatic heterocycles. The first-order valence-corrected chi connectivity index (χ1v) is 6.57. The fourth-order valence-electron chi connectivity index (χ4n) is 1.71. The molecule has 0 aliphatic carbocycles. The first-order chi connectivity index (χ1) is 9.92. The Morgan fingerprint density at radius 3 is 2.71 bits per heavy atom. The Balaban J connectivity index is 2.35. The van der Waals surface area contributed by atoms with E-state index in [-0.39, 0.29) is 26.9 Å². The van der Waals surface area contributed by atoms with Gasteiger partial charge >= 0.3 is 4.87 Å². The molecule has 1 amide bonds. The van der Waals surface area contributed by atoms with E-state index in [0.717, 1.165) is 11.3 Å². The van der Waals surface area contributed by atoms with Gasteiger partial charge in [0, 0.05) is 17.8 Å². The number of non-ortho nitro benzene ring substituents is 1. The number of rotatable bonds is 4. The Bertz CT molecular complexity index is 764. The maximum absolute atomic E-state index is 12.1. The summed E-state index contributed by atoms with van der Waals surface area (Å²) in [5.41, 5.74) is 0.425. The second kappa shape index (κ2) is 5.75. The summed E-state index contributed by atoms with van der Waals surface area (Å²) in [5, 5.41) is 13.3. The molecule has 0 spiro atoms. The number of carbonyl (C=O) groups is 1. The van der Waals surface area contributed by atoms with Crippen molar-refractivity contribution in [1.29, 1.82) is 0 Å². The number of hydrogen-bond acceptors (Lipinski definition) is 6. The number of methoxy groups -OCH3 is 1. The first-order valence-electron chi connectivity index (χ1n) is 5.76. The predicted octanol–water partition coefficient (Wildman–Crippen LogP) is 1.91. The number of benzene rings is 1. The zero-order valence-electron chi connectivity index (χ0n) is 11.1. The summed E-state index contributed by atoms with van der Waals surface area (Å²) >= 11 is 0.768. The molecule has 1 aromatic heterocycles. The number of anilines is 1. The smallest absolute Gasteiger partial charge is 0.305 e. The monoisotopic (exact) mass is 309 g/mol. The van der Waals surface area contributed by atoms with Crippen LogP contribution in [0.4, 0.5) is 11.4 Å². The largest absolute Gasteiger partial charge is 0.495 e. The summed E-state index contributed by atoms with van der Waals surface area (Å²) in [6, 6.07) is 3.86. The van der Waals surface area contributed by atoms with E-state index >= 15 is 0 Å². The molecule has 8 nitrogen and oxygen atoms in total. The molecule has 0 bridgehead atoms. The number of carbonyl (C=O) groups excluding carboxylic acids is 1. The van der Waals surface area contributed by atoms with Crippen molar-refractivity contribution in [3.63, 3.8) is 0 Å². The molecule has 0 saturated heterocycles. The molecule has 9 heteroatoms. The van der Waals surface area contributed by atoms with Crippen molar-refractivity contribution in [2.75, 3.05) is 12.4 Å². The number of ether oxygens (including phenoxy) is 1. The molecule has 0 saturated carbocycles. The second-order valence-corrected chi connectivity index (χ2v) is 5.05.